The van der Waals surface area contributed by atoms with Crippen molar-refractivity contribution < 1.29 is 4.79 Å². The lowest BCUT2D eigenvalue weighted by Gasteiger charge is -2.23. The lowest BCUT2D eigenvalue weighted by atomic mass is 10.1. The van der Waals surface area contributed by atoms with Gasteiger partial charge in [0.25, 0.3) is 0 Å². The van der Waals surface area contributed by atoms with E-state index in [4.69, 9.17) is 5.26 Å². The molecule has 4 heteroatoms. The fourth-order valence-electron chi connectivity index (χ4n) is 1.67. The molecule has 0 saturated heterocycles. The molecule has 0 fully saturated rings. The molecule has 0 aliphatic carbocycles. The van der Waals surface area contributed by atoms with Crippen LogP contribution >= 0.6 is 15.9 Å². The SMILES string of the molecule is CC(=O)c1ccc(Br)cc1N(C)CC(C)C#N. The molecule has 90 valence electrons. The Morgan fingerprint density at radius 1 is 1.59 bits per heavy atom. The summed E-state index contributed by atoms with van der Waals surface area (Å²) in [6.07, 6.45) is 0. The van der Waals surface area contributed by atoms with Crippen molar-refractivity contribution in [1.29, 1.82) is 5.26 Å². The highest BCUT2D eigenvalue weighted by molar-refractivity contribution is 9.10. The lowest BCUT2D eigenvalue weighted by molar-refractivity contribution is 0.101. The molecule has 1 atom stereocenters. The molecular weight excluding hydrogens is 280 g/mol. The Labute approximate surface area is 110 Å². The van der Waals surface area contributed by atoms with Crippen LogP contribution in [0.25, 0.3) is 0 Å². The molecular formula is C13H15BrN2O. The van der Waals surface area contributed by atoms with Crippen LogP contribution in [0.3, 0.4) is 0 Å². The standard InChI is InChI=1S/C13H15BrN2O/c1-9(7-15)8-16(3)13-6-11(14)4-5-12(13)10(2)17/h4-6,9H,8H2,1-3H3. The van der Waals surface area contributed by atoms with Gasteiger partial charge in [-0.05, 0) is 32.0 Å². The lowest BCUT2D eigenvalue weighted by Crippen LogP contribution is -2.24. The molecule has 0 bridgehead atoms. The van der Waals surface area contributed by atoms with Crippen LogP contribution in [0.15, 0.2) is 22.7 Å². The minimum absolute atomic E-state index is 0.0314. The predicted molar refractivity (Wildman–Crippen MR) is 72.2 cm³/mol. The Bertz CT molecular complexity index is 465. The van der Waals surface area contributed by atoms with Gasteiger partial charge in [-0.3, -0.25) is 4.79 Å². The molecule has 0 N–H and O–H groups in total. The second-order valence-electron chi connectivity index (χ2n) is 4.13. The number of rotatable bonds is 4. The minimum Gasteiger partial charge on any atom is -0.373 e. The van der Waals surface area contributed by atoms with Gasteiger partial charge in [-0.25, -0.2) is 0 Å². The molecule has 0 heterocycles. The van der Waals surface area contributed by atoms with Crippen LogP contribution < -0.4 is 4.90 Å². The molecule has 0 aromatic heterocycles. The highest BCUT2D eigenvalue weighted by Crippen LogP contribution is 2.25. The molecule has 0 saturated carbocycles. The summed E-state index contributed by atoms with van der Waals surface area (Å²) >= 11 is 3.39. The third kappa shape index (κ3) is 3.57. The summed E-state index contributed by atoms with van der Waals surface area (Å²) < 4.78 is 0.925. The highest BCUT2D eigenvalue weighted by atomic mass is 79.9. The first-order chi connectivity index (χ1) is 7.95. The molecule has 0 aliphatic heterocycles. The Balaban J connectivity index is 3.07. The van der Waals surface area contributed by atoms with Gasteiger partial charge >= 0.3 is 0 Å². The van der Waals surface area contributed by atoms with E-state index in [0.717, 1.165) is 10.2 Å². The number of Topliss-reactive ketones (excluding diaryl/α,β-unsaturated/α-hetero) is 1. The van der Waals surface area contributed by atoms with Crippen molar-refractivity contribution in [3.05, 3.63) is 28.2 Å². The van der Waals surface area contributed by atoms with E-state index in [1.54, 1.807) is 13.0 Å². The van der Waals surface area contributed by atoms with Crippen molar-refractivity contribution in [2.45, 2.75) is 13.8 Å². The molecule has 17 heavy (non-hydrogen) atoms. The summed E-state index contributed by atoms with van der Waals surface area (Å²) in [4.78, 5) is 13.5. The number of hydrogen-bond acceptors (Lipinski definition) is 3. The van der Waals surface area contributed by atoms with Gasteiger partial charge in [-0.15, -0.1) is 0 Å². The zero-order chi connectivity index (χ0) is 13.0. The van der Waals surface area contributed by atoms with Crippen LogP contribution in [0.2, 0.25) is 0 Å². The largest absolute Gasteiger partial charge is 0.373 e. The summed E-state index contributed by atoms with van der Waals surface area (Å²) in [5, 5.41) is 8.81. The fraction of sp³-hybridized carbons (Fsp3) is 0.385. The maximum absolute atomic E-state index is 11.5. The van der Waals surface area contributed by atoms with Crippen molar-refractivity contribution in [2.75, 3.05) is 18.5 Å². The van der Waals surface area contributed by atoms with E-state index in [0.29, 0.717) is 12.1 Å². The number of nitriles is 1. The van der Waals surface area contributed by atoms with Crippen LogP contribution in [0, 0.1) is 17.2 Å². The van der Waals surface area contributed by atoms with E-state index in [2.05, 4.69) is 22.0 Å². The Kier molecular flexibility index (Phi) is 4.71. The third-order valence-electron chi connectivity index (χ3n) is 2.52. The number of carbonyl (C=O) groups excluding carboxylic acids is 1. The molecule has 1 unspecified atom stereocenters. The highest BCUT2D eigenvalue weighted by Gasteiger charge is 2.13. The molecule has 0 amide bonds. The van der Waals surface area contributed by atoms with Gasteiger partial charge in [-0.1, -0.05) is 15.9 Å². The van der Waals surface area contributed by atoms with Crippen LogP contribution in [-0.2, 0) is 0 Å². The smallest absolute Gasteiger partial charge is 0.161 e. The molecule has 1 aromatic rings. The first kappa shape index (κ1) is 13.7. The Morgan fingerprint density at radius 2 is 2.24 bits per heavy atom. The van der Waals surface area contributed by atoms with Gasteiger partial charge in [0.2, 0.25) is 0 Å². The van der Waals surface area contributed by atoms with E-state index in [-0.39, 0.29) is 11.7 Å². The maximum Gasteiger partial charge on any atom is 0.161 e. The van der Waals surface area contributed by atoms with Crippen molar-refractivity contribution in [3.8, 4) is 6.07 Å². The van der Waals surface area contributed by atoms with Crippen molar-refractivity contribution >= 4 is 27.4 Å². The monoisotopic (exact) mass is 294 g/mol. The van der Waals surface area contributed by atoms with Crippen LogP contribution in [0.4, 0.5) is 5.69 Å². The van der Waals surface area contributed by atoms with Crippen LogP contribution in [0.1, 0.15) is 24.2 Å². The normalized spacial score (nSPS) is 11.7. The topological polar surface area (TPSA) is 44.1 Å². The van der Waals surface area contributed by atoms with E-state index < -0.39 is 0 Å². The predicted octanol–water partition coefficient (Wildman–Crippen LogP) is 3.25. The van der Waals surface area contributed by atoms with E-state index in [1.165, 1.54) is 0 Å². The summed E-state index contributed by atoms with van der Waals surface area (Å²) in [7, 11) is 1.89. The van der Waals surface area contributed by atoms with Gasteiger partial charge in [-0.2, -0.15) is 5.26 Å². The van der Waals surface area contributed by atoms with Crippen LogP contribution in [-0.4, -0.2) is 19.4 Å². The summed E-state index contributed by atoms with van der Waals surface area (Å²) in [5.41, 5.74) is 1.54. The second kappa shape index (κ2) is 5.83. The van der Waals surface area contributed by atoms with E-state index >= 15 is 0 Å². The molecule has 1 rings (SSSR count). The van der Waals surface area contributed by atoms with Crippen molar-refractivity contribution in [3.63, 3.8) is 0 Å². The zero-order valence-corrected chi connectivity index (χ0v) is 11.8. The number of carbonyl (C=O) groups is 1. The maximum atomic E-state index is 11.5. The molecule has 3 nitrogen and oxygen atoms in total. The summed E-state index contributed by atoms with van der Waals surface area (Å²) in [6.45, 7) is 4.02. The third-order valence-corrected chi connectivity index (χ3v) is 3.01. The average Bonchev–Trinajstić information content (AvgIpc) is 2.28. The van der Waals surface area contributed by atoms with Gasteiger partial charge in [0.15, 0.2) is 5.78 Å². The fourth-order valence-corrected chi connectivity index (χ4v) is 2.02. The number of ketones is 1. The van der Waals surface area contributed by atoms with Crippen molar-refractivity contribution in [2.24, 2.45) is 5.92 Å². The van der Waals surface area contributed by atoms with Gasteiger partial charge in [0.05, 0.1) is 12.0 Å². The zero-order valence-electron chi connectivity index (χ0n) is 10.2. The number of halogens is 1. The molecule has 1 aromatic carbocycles. The second-order valence-corrected chi connectivity index (χ2v) is 5.04. The summed E-state index contributed by atoms with van der Waals surface area (Å²) in [6, 6.07) is 7.74. The van der Waals surface area contributed by atoms with E-state index in [9.17, 15) is 4.79 Å². The minimum atomic E-state index is -0.0706. The number of nitrogens with zero attached hydrogens (tertiary/aromatic N) is 2. The Hall–Kier alpha value is -1.34. The average molecular weight is 295 g/mol. The first-order valence-corrected chi connectivity index (χ1v) is 6.16. The molecule has 0 spiro atoms. The van der Waals surface area contributed by atoms with Gasteiger partial charge in [0, 0.05) is 29.3 Å². The molecule has 0 aliphatic rings. The quantitative estimate of drug-likeness (QED) is 0.801. The number of hydrogen-bond donors (Lipinski definition) is 0. The van der Waals surface area contributed by atoms with Crippen molar-refractivity contribution in [1.82, 2.24) is 0 Å². The van der Waals surface area contributed by atoms with E-state index in [1.807, 2.05) is 31.0 Å². The van der Waals surface area contributed by atoms with Crippen LogP contribution in [0.5, 0.6) is 0 Å². The number of anilines is 1. The molecule has 0 radical (unpaired) electrons. The van der Waals surface area contributed by atoms with Gasteiger partial charge < -0.3 is 4.90 Å². The van der Waals surface area contributed by atoms with Gasteiger partial charge in [0.1, 0.15) is 0 Å². The summed E-state index contributed by atoms with van der Waals surface area (Å²) in [5.74, 6) is -0.0391. The Morgan fingerprint density at radius 3 is 2.76 bits per heavy atom. The number of benzene rings is 1. The first-order valence-electron chi connectivity index (χ1n) is 5.37.